The summed E-state index contributed by atoms with van der Waals surface area (Å²) in [5, 5.41) is 10.1. The summed E-state index contributed by atoms with van der Waals surface area (Å²) in [5.74, 6) is 0.834. The molecule has 2 unspecified atom stereocenters. The van der Waals surface area contributed by atoms with Gasteiger partial charge in [0.1, 0.15) is 30.3 Å². The molecular weight excluding hydrogens is 523 g/mol. The molecule has 218 valence electrons. The number of hydrogen-bond donors (Lipinski definition) is 1. The van der Waals surface area contributed by atoms with E-state index in [0.717, 1.165) is 93.0 Å². The molecule has 0 amide bonds. The van der Waals surface area contributed by atoms with E-state index >= 15 is 0 Å². The number of ether oxygens (including phenoxy) is 3. The average Bonchev–Trinajstić information content (AvgIpc) is 3.34. The lowest BCUT2D eigenvalue weighted by atomic mass is 9.71. The van der Waals surface area contributed by atoms with E-state index in [0.29, 0.717) is 56.5 Å². The number of fused-ring (bicyclic) bond motifs is 4. The predicted molar refractivity (Wildman–Crippen MR) is 152 cm³/mol. The number of rotatable bonds is 4. The molecule has 4 aliphatic heterocycles. The number of aryl methyl sites for hydroxylation is 1. The van der Waals surface area contributed by atoms with Crippen molar-refractivity contribution in [2.75, 3.05) is 56.6 Å². The zero-order valence-electron chi connectivity index (χ0n) is 23.9. The van der Waals surface area contributed by atoms with Crippen LogP contribution in [-0.4, -0.2) is 72.6 Å². The number of halogens is 1. The van der Waals surface area contributed by atoms with Crippen molar-refractivity contribution in [3.8, 4) is 12.1 Å². The lowest BCUT2D eigenvalue weighted by Gasteiger charge is -2.44. The molecule has 10 heteroatoms. The fourth-order valence-electron chi connectivity index (χ4n) is 8.08. The largest absolute Gasteiger partial charge is 0.461 e. The third-order valence-corrected chi connectivity index (χ3v) is 10.0. The summed E-state index contributed by atoms with van der Waals surface area (Å²) in [4.78, 5) is 14.5. The molecule has 1 aromatic carbocycles. The van der Waals surface area contributed by atoms with Crippen molar-refractivity contribution >= 4 is 11.5 Å². The van der Waals surface area contributed by atoms with Crippen LogP contribution in [0.15, 0.2) is 6.07 Å². The number of anilines is 2. The van der Waals surface area contributed by atoms with Gasteiger partial charge in [0, 0.05) is 50.2 Å². The molecule has 0 radical (unpaired) electrons. The smallest absolute Gasteiger partial charge is 0.318 e. The third kappa shape index (κ3) is 4.53. The van der Waals surface area contributed by atoms with E-state index in [1.807, 2.05) is 6.07 Å². The molecule has 7 rings (SSSR count). The van der Waals surface area contributed by atoms with Crippen molar-refractivity contribution in [2.24, 2.45) is 0 Å². The highest BCUT2D eigenvalue weighted by Gasteiger charge is 2.50. The maximum absolute atomic E-state index is 14.4. The van der Waals surface area contributed by atoms with E-state index < -0.39 is 11.8 Å². The second kappa shape index (κ2) is 10.4. The van der Waals surface area contributed by atoms with Gasteiger partial charge in [-0.3, -0.25) is 4.90 Å². The number of hydrogen-bond acceptors (Lipinski definition) is 9. The van der Waals surface area contributed by atoms with Gasteiger partial charge in [-0.2, -0.15) is 15.2 Å². The molecule has 1 aromatic heterocycles. The fraction of sp³-hybridized carbons (Fsp3) is 0.645. The molecule has 3 fully saturated rings. The van der Waals surface area contributed by atoms with Crippen LogP contribution in [0, 0.1) is 18.3 Å². The third-order valence-electron chi connectivity index (χ3n) is 10.0. The van der Waals surface area contributed by atoms with Gasteiger partial charge in [0.2, 0.25) is 0 Å². The van der Waals surface area contributed by atoms with Gasteiger partial charge in [-0.25, -0.2) is 4.39 Å². The van der Waals surface area contributed by atoms with Gasteiger partial charge in [0.05, 0.1) is 35.7 Å². The zero-order valence-corrected chi connectivity index (χ0v) is 23.9. The summed E-state index contributed by atoms with van der Waals surface area (Å²) in [6.45, 7) is 7.11. The maximum atomic E-state index is 14.4. The van der Waals surface area contributed by atoms with Gasteiger partial charge >= 0.3 is 6.01 Å². The molecular formula is C31H39FN6O3. The van der Waals surface area contributed by atoms with Crippen molar-refractivity contribution in [1.29, 1.82) is 5.26 Å². The van der Waals surface area contributed by atoms with E-state index in [9.17, 15) is 9.65 Å². The second-order valence-electron chi connectivity index (χ2n) is 12.5. The Labute approximate surface area is 240 Å². The van der Waals surface area contributed by atoms with Crippen LogP contribution >= 0.6 is 0 Å². The fourth-order valence-corrected chi connectivity index (χ4v) is 8.08. The summed E-state index contributed by atoms with van der Waals surface area (Å²) >= 11 is 0. The number of nitrogens with two attached hydrogens (primary N) is 1. The van der Waals surface area contributed by atoms with E-state index in [2.05, 4.69) is 22.8 Å². The Bertz CT molecular complexity index is 1390. The summed E-state index contributed by atoms with van der Waals surface area (Å²) in [6.07, 6.45) is 5.76. The minimum Gasteiger partial charge on any atom is -0.461 e. The number of nitriles is 1. The maximum Gasteiger partial charge on any atom is 0.318 e. The van der Waals surface area contributed by atoms with Gasteiger partial charge in [0.15, 0.2) is 0 Å². The molecule has 9 nitrogen and oxygen atoms in total. The van der Waals surface area contributed by atoms with Crippen LogP contribution in [0.4, 0.5) is 15.9 Å². The highest BCUT2D eigenvalue weighted by Crippen LogP contribution is 2.49. The van der Waals surface area contributed by atoms with Gasteiger partial charge in [0.25, 0.3) is 0 Å². The molecule has 3 saturated heterocycles. The van der Waals surface area contributed by atoms with E-state index in [1.54, 1.807) is 0 Å². The minimum atomic E-state index is -0.815. The second-order valence-corrected chi connectivity index (χ2v) is 12.5. The van der Waals surface area contributed by atoms with E-state index in [1.165, 1.54) is 5.56 Å². The Balaban J connectivity index is 1.28. The summed E-state index contributed by atoms with van der Waals surface area (Å²) in [7, 11) is 0. The van der Waals surface area contributed by atoms with Gasteiger partial charge in [-0.1, -0.05) is 0 Å². The van der Waals surface area contributed by atoms with Crippen molar-refractivity contribution in [2.45, 2.75) is 82.2 Å². The quantitative estimate of drug-likeness (QED) is 0.558. The molecule has 2 N–H and O–H groups in total. The van der Waals surface area contributed by atoms with Crippen molar-refractivity contribution < 1.29 is 18.6 Å². The highest BCUT2D eigenvalue weighted by molar-refractivity contribution is 5.65. The first-order valence-corrected chi connectivity index (χ1v) is 15.1. The Morgan fingerprint density at radius 2 is 2.07 bits per heavy atom. The molecule has 1 spiro atoms. The number of nitrogen functional groups attached to an aromatic ring is 1. The Hall–Kier alpha value is -3.00. The van der Waals surface area contributed by atoms with Crippen LogP contribution in [0.3, 0.4) is 0 Å². The van der Waals surface area contributed by atoms with Crippen LogP contribution in [0.25, 0.3) is 0 Å². The Morgan fingerprint density at radius 1 is 1.17 bits per heavy atom. The molecule has 5 aliphatic rings. The average molecular weight is 563 g/mol. The van der Waals surface area contributed by atoms with Crippen molar-refractivity contribution in [3.63, 3.8) is 0 Å². The molecule has 0 saturated carbocycles. The number of benzene rings is 1. The molecule has 2 aromatic rings. The number of alkyl halides is 1. The SMILES string of the molecule is Cc1cc(N)c(C#N)c2c1CCCC21Cc2nc(OC[C@@]34CCCN3CC(F)C4)nc(N3CCCOCC3)c2CO1. The normalized spacial score (nSPS) is 29.5. The molecule has 1 aliphatic carbocycles. The lowest BCUT2D eigenvalue weighted by Crippen LogP contribution is -2.44. The lowest BCUT2D eigenvalue weighted by molar-refractivity contribution is -0.0857. The van der Waals surface area contributed by atoms with Crippen LogP contribution in [-0.2, 0) is 34.5 Å². The summed E-state index contributed by atoms with van der Waals surface area (Å²) < 4.78 is 33.4. The predicted octanol–water partition coefficient (Wildman–Crippen LogP) is 3.73. The van der Waals surface area contributed by atoms with E-state index in [4.69, 9.17) is 29.9 Å². The van der Waals surface area contributed by atoms with Crippen LogP contribution in [0.2, 0.25) is 0 Å². The van der Waals surface area contributed by atoms with E-state index in [-0.39, 0.29) is 5.54 Å². The van der Waals surface area contributed by atoms with Crippen LogP contribution in [0.1, 0.15) is 72.0 Å². The first-order chi connectivity index (χ1) is 19.9. The molecule has 3 atom stereocenters. The highest BCUT2D eigenvalue weighted by atomic mass is 19.1. The number of aromatic nitrogens is 2. The Morgan fingerprint density at radius 3 is 2.95 bits per heavy atom. The summed E-state index contributed by atoms with van der Waals surface area (Å²) in [5.41, 5.74) is 11.5. The van der Waals surface area contributed by atoms with Gasteiger partial charge in [-0.05, 0) is 69.2 Å². The monoisotopic (exact) mass is 562 g/mol. The Kier molecular flexibility index (Phi) is 6.80. The zero-order chi connectivity index (χ0) is 28.2. The molecule has 0 bridgehead atoms. The van der Waals surface area contributed by atoms with Crippen LogP contribution in [0.5, 0.6) is 6.01 Å². The molecule has 5 heterocycles. The number of nitrogens with zero attached hydrogens (tertiary/aromatic N) is 5. The first-order valence-electron chi connectivity index (χ1n) is 15.1. The topological polar surface area (TPSA) is 110 Å². The van der Waals surface area contributed by atoms with Gasteiger partial charge < -0.3 is 24.8 Å². The minimum absolute atomic E-state index is 0.279. The van der Waals surface area contributed by atoms with Crippen LogP contribution < -0.4 is 15.4 Å². The molecule has 41 heavy (non-hydrogen) atoms. The first kappa shape index (κ1) is 26.9. The summed E-state index contributed by atoms with van der Waals surface area (Å²) in [6, 6.07) is 4.64. The van der Waals surface area contributed by atoms with Gasteiger partial charge in [-0.15, -0.1) is 0 Å². The van der Waals surface area contributed by atoms with Crippen molar-refractivity contribution in [1.82, 2.24) is 14.9 Å². The standard InChI is InChI=1S/C31H39FN6O3/c1-20-13-25(34)23(16-33)27-22(20)5-2-7-31(27)15-26-24(18-41-31)28(37-8-4-11-39-12-10-37)36-29(35-26)40-19-30-6-3-9-38(30)17-21(32)14-30/h13,21H,2-12,14-15,17-19,34H2,1H3/t21?,30-,31?/m0/s1. The van der Waals surface area contributed by atoms with Crippen molar-refractivity contribution in [3.05, 3.63) is 39.6 Å².